The van der Waals surface area contributed by atoms with E-state index in [9.17, 15) is 0 Å². The van der Waals surface area contributed by atoms with Crippen LogP contribution < -0.4 is 5.32 Å². The molecule has 0 spiro atoms. The first-order valence-corrected chi connectivity index (χ1v) is 7.20. The second kappa shape index (κ2) is 5.83. The molecule has 2 nitrogen and oxygen atoms in total. The lowest BCUT2D eigenvalue weighted by atomic mass is 10.1. The maximum atomic E-state index is 5.97. The summed E-state index contributed by atoms with van der Waals surface area (Å²) in [6.07, 6.45) is 1.95. The van der Waals surface area contributed by atoms with Crippen LogP contribution in [0.25, 0.3) is 10.6 Å². The van der Waals surface area contributed by atoms with E-state index >= 15 is 0 Å². The Morgan fingerprint density at radius 3 is 2.83 bits per heavy atom. The van der Waals surface area contributed by atoms with Crippen molar-refractivity contribution in [2.75, 3.05) is 0 Å². The Bertz CT molecular complexity index is 534. The molecule has 4 heteroatoms. The highest BCUT2D eigenvalue weighted by Crippen LogP contribution is 2.29. The number of aryl methyl sites for hydroxylation is 1. The summed E-state index contributed by atoms with van der Waals surface area (Å²) in [6, 6.07) is 6.42. The van der Waals surface area contributed by atoms with Gasteiger partial charge in [-0.25, -0.2) is 4.98 Å². The number of benzene rings is 1. The SMILES string of the molecule is Cc1cc(Cl)ccc1-c1ncc(CNC(C)C)s1. The zero-order chi connectivity index (χ0) is 13.1. The molecule has 0 saturated heterocycles. The maximum Gasteiger partial charge on any atom is 0.123 e. The summed E-state index contributed by atoms with van der Waals surface area (Å²) in [6.45, 7) is 7.23. The van der Waals surface area contributed by atoms with Crippen LogP contribution in [-0.2, 0) is 6.54 Å². The Labute approximate surface area is 117 Å². The molecule has 2 aromatic rings. The van der Waals surface area contributed by atoms with Crippen LogP contribution in [0, 0.1) is 6.92 Å². The first-order valence-electron chi connectivity index (χ1n) is 6.01. The quantitative estimate of drug-likeness (QED) is 0.905. The molecule has 0 radical (unpaired) electrons. The Morgan fingerprint density at radius 1 is 1.39 bits per heavy atom. The summed E-state index contributed by atoms with van der Waals surface area (Å²) in [5.41, 5.74) is 2.33. The largest absolute Gasteiger partial charge is 0.310 e. The highest BCUT2D eigenvalue weighted by Gasteiger charge is 2.08. The fraction of sp³-hybridized carbons (Fsp3) is 0.357. The molecule has 96 valence electrons. The minimum atomic E-state index is 0.493. The van der Waals surface area contributed by atoms with E-state index < -0.39 is 0 Å². The van der Waals surface area contributed by atoms with Gasteiger partial charge >= 0.3 is 0 Å². The number of hydrogen-bond acceptors (Lipinski definition) is 3. The predicted molar refractivity (Wildman–Crippen MR) is 79.3 cm³/mol. The Hall–Kier alpha value is -0.900. The highest BCUT2D eigenvalue weighted by molar-refractivity contribution is 7.15. The van der Waals surface area contributed by atoms with E-state index in [1.54, 1.807) is 11.3 Å². The lowest BCUT2D eigenvalue weighted by Gasteiger charge is -2.05. The highest BCUT2D eigenvalue weighted by atomic mass is 35.5. The Balaban J connectivity index is 2.18. The molecule has 0 atom stereocenters. The minimum absolute atomic E-state index is 0.493. The summed E-state index contributed by atoms with van der Waals surface area (Å²) < 4.78 is 0. The molecule has 18 heavy (non-hydrogen) atoms. The Morgan fingerprint density at radius 2 is 2.17 bits per heavy atom. The van der Waals surface area contributed by atoms with Gasteiger partial charge in [-0.1, -0.05) is 31.5 Å². The van der Waals surface area contributed by atoms with Crippen molar-refractivity contribution in [1.82, 2.24) is 10.3 Å². The van der Waals surface area contributed by atoms with E-state index in [0.29, 0.717) is 6.04 Å². The Kier molecular flexibility index (Phi) is 4.38. The van der Waals surface area contributed by atoms with Crippen molar-refractivity contribution in [3.05, 3.63) is 39.9 Å². The molecule has 0 saturated carbocycles. The van der Waals surface area contributed by atoms with Gasteiger partial charge in [-0.05, 0) is 24.6 Å². The first kappa shape index (κ1) is 13.5. The number of halogens is 1. The van der Waals surface area contributed by atoms with E-state index in [-0.39, 0.29) is 0 Å². The van der Waals surface area contributed by atoms with Crippen LogP contribution in [0.1, 0.15) is 24.3 Å². The monoisotopic (exact) mass is 280 g/mol. The van der Waals surface area contributed by atoms with Gasteiger partial charge in [0.05, 0.1) is 0 Å². The third-order valence-corrected chi connectivity index (χ3v) is 3.92. The van der Waals surface area contributed by atoms with Gasteiger partial charge in [-0.3, -0.25) is 0 Å². The van der Waals surface area contributed by atoms with Gasteiger partial charge < -0.3 is 5.32 Å². The number of hydrogen-bond donors (Lipinski definition) is 1. The van der Waals surface area contributed by atoms with Crippen LogP contribution in [0.2, 0.25) is 5.02 Å². The van der Waals surface area contributed by atoms with Gasteiger partial charge in [0.2, 0.25) is 0 Å². The molecule has 0 aliphatic carbocycles. The number of nitrogens with one attached hydrogen (secondary N) is 1. The van der Waals surface area contributed by atoms with Crippen molar-refractivity contribution in [1.29, 1.82) is 0 Å². The van der Waals surface area contributed by atoms with Crippen molar-refractivity contribution < 1.29 is 0 Å². The van der Waals surface area contributed by atoms with Crippen LogP contribution in [0.3, 0.4) is 0 Å². The first-order chi connectivity index (χ1) is 8.56. The summed E-state index contributed by atoms with van der Waals surface area (Å²) in [5, 5.41) is 5.23. The summed E-state index contributed by atoms with van der Waals surface area (Å²) in [7, 11) is 0. The van der Waals surface area contributed by atoms with Crippen LogP contribution in [0.5, 0.6) is 0 Å². The van der Waals surface area contributed by atoms with E-state index in [1.165, 1.54) is 16.0 Å². The van der Waals surface area contributed by atoms with Gasteiger partial charge in [0, 0.05) is 34.2 Å². The van der Waals surface area contributed by atoms with Gasteiger partial charge in [-0.2, -0.15) is 0 Å². The average molecular weight is 281 g/mol. The summed E-state index contributed by atoms with van der Waals surface area (Å²) >= 11 is 7.70. The van der Waals surface area contributed by atoms with Crippen LogP contribution in [0.4, 0.5) is 0 Å². The summed E-state index contributed by atoms with van der Waals surface area (Å²) in [5.74, 6) is 0. The van der Waals surface area contributed by atoms with E-state index in [4.69, 9.17) is 11.6 Å². The third-order valence-electron chi connectivity index (χ3n) is 2.66. The van der Waals surface area contributed by atoms with Gasteiger partial charge in [0.15, 0.2) is 0 Å². The fourth-order valence-corrected chi connectivity index (χ4v) is 2.87. The van der Waals surface area contributed by atoms with Crippen molar-refractivity contribution in [2.24, 2.45) is 0 Å². The van der Waals surface area contributed by atoms with E-state index in [2.05, 4.69) is 31.1 Å². The number of aromatic nitrogens is 1. The van der Waals surface area contributed by atoms with Crippen LogP contribution in [0.15, 0.2) is 24.4 Å². The topological polar surface area (TPSA) is 24.9 Å². The van der Waals surface area contributed by atoms with E-state index in [1.807, 2.05) is 24.4 Å². The molecule has 0 unspecified atom stereocenters. The zero-order valence-corrected chi connectivity index (χ0v) is 12.4. The number of nitrogens with zero attached hydrogens (tertiary/aromatic N) is 1. The lowest BCUT2D eigenvalue weighted by Crippen LogP contribution is -2.21. The standard InChI is InChI=1S/C14H17ClN2S/c1-9(2)16-7-12-8-17-14(18-12)13-5-4-11(15)6-10(13)3/h4-6,8-9,16H,7H2,1-3H3. The molecule has 0 amide bonds. The molecule has 0 fully saturated rings. The molecule has 0 bridgehead atoms. The molecular weight excluding hydrogens is 264 g/mol. The molecule has 1 aromatic heterocycles. The molecule has 0 aliphatic rings. The molecule has 2 rings (SSSR count). The van der Waals surface area contributed by atoms with E-state index in [0.717, 1.165) is 16.6 Å². The second-order valence-electron chi connectivity index (χ2n) is 4.63. The van der Waals surface area contributed by atoms with Gasteiger partial charge in [-0.15, -0.1) is 11.3 Å². The molecule has 1 heterocycles. The molecule has 0 aliphatic heterocycles. The summed E-state index contributed by atoms with van der Waals surface area (Å²) in [4.78, 5) is 5.75. The van der Waals surface area contributed by atoms with Crippen LogP contribution >= 0.6 is 22.9 Å². The predicted octanol–water partition coefficient (Wildman–Crippen LogP) is 4.27. The third kappa shape index (κ3) is 3.31. The van der Waals surface area contributed by atoms with Crippen molar-refractivity contribution in [2.45, 2.75) is 33.4 Å². The smallest absolute Gasteiger partial charge is 0.123 e. The zero-order valence-electron chi connectivity index (χ0n) is 10.8. The molecule has 1 aromatic carbocycles. The fourth-order valence-electron chi connectivity index (χ4n) is 1.69. The molecule has 1 N–H and O–H groups in total. The second-order valence-corrected chi connectivity index (χ2v) is 6.18. The minimum Gasteiger partial charge on any atom is -0.310 e. The average Bonchev–Trinajstić information content (AvgIpc) is 2.75. The molecular formula is C14H17ClN2S. The maximum absolute atomic E-state index is 5.97. The van der Waals surface area contributed by atoms with Gasteiger partial charge in [0.1, 0.15) is 5.01 Å². The number of thiazole rings is 1. The normalized spacial score (nSPS) is 11.2. The van der Waals surface area contributed by atoms with Crippen LogP contribution in [-0.4, -0.2) is 11.0 Å². The lowest BCUT2D eigenvalue weighted by molar-refractivity contribution is 0.593. The number of rotatable bonds is 4. The van der Waals surface area contributed by atoms with Crippen molar-refractivity contribution in [3.63, 3.8) is 0 Å². The van der Waals surface area contributed by atoms with Crippen molar-refractivity contribution >= 4 is 22.9 Å². The van der Waals surface area contributed by atoms with Gasteiger partial charge in [0.25, 0.3) is 0 Å². The van der Waals surface area contributed by atoms with Crippen molar-refractivity contribution in [3.8, 4) is 10.6 Å².